The summed E-state index contributed by atoms with van der Waals surface area (Å²) in [7, 11) is 1.97. The summed E-state index contributed by atoms with van der Waals surface area (Å²) in [5.74, 6) is 0.801. The molecule has 0 amide bonds. The second-order valence-electron chi connectivity index (χ2n) is 4.84. The topological polar surface area (TPSA) is 47.1 Å². The molecule has 1 aromatic heterocycles. The zero-order valence-corrected chi connectivity index (χ0v) is 10.1. The molecule has 1 aliphatic rings. The number of hydrogen-bond donors (Lipinski definition) is 1. The third kappa shape index (κ3) is 3.06. The fraction of sp³-hybridized carbons (Fsp3) is 0.750. The highest BCUT2D eigenvalue weighted by atomic mass is 15.2. The lowest BCUT2D eigenvalue weighted by molar-refractivity contribution is 0.163. The van der Waals surface area contributed by atoms with Gasteiger partial charge in [-0.05, 0) is 38.3 Å². The van der Waals surface area contributed by atoms with Gasteiger partial charge in [-0.15, -0.1) is 0 Å². The van der Waals surface area contributed by atoms with Gasteiger partial charge < -0.3 is 5.73 Å². The molecule has 1 aliphatic heterocycles. The first-order valence-electron chi connectivity index (χ1n) is 6.18. The van der Waals surface area contributed by atoms with E-state index < -0.39 is 0 Å². The largest absolute Gasteiger partial charge is 0.330 e. The lowest BCUT2D eigenvalue weighted by atomic mass is 9.95. The number of aryl methyl sites for hydroxylation is 1. The molecule has 1 aromatic rings. The quantitative estimate of drug-likeness (QED) is 0.826. The van der Waals surface area contributed by atoms with Crippen LogP contribution in [0.2, 0.25) is 0 Å². The molecule has 0 aromatic carbocycles. The number of nitrogens with zero attached hydrogens (tertiary/aromatic N) is 3. The summed E-state index contributed by atoms with van der Waals surface area (Å²) in [6.07, 6.45) is 7.90. The van der Waals surface area contributed by atoms with Crippen molar-refractivity contribution in [2.75, 3.05) is 19.6 Å². The standard InChI is InChI=1S/C12H22N4/c1-15-8-12(7-14-15)10-16-6-2-3-11(9-16)4-5-13/h7-8,11H,2-6,9-10,13H2,1H3. The van der Waals surface area contributed by atoms with E-state index in [-0.39, 0.29) is 0 Å². The van der Waals surface area contributed by atoms with E-state index in [9.17, 15) is 0 Å². The zero-order valence-electron chi connectivity index (χ0n) is 10.1. The zero-order chi connectivity index (χ0) is 11.4. The average molecular weight is 222 g/mol. The Hall–Kier alpha value is -0.870. The Morgan fingerprint density at radius 1 is 1.56 bits per heavy atom. The van der Waals surface area contributed by atoms with Crippen LogP contribution in [0.3, 0.4) is 0 Å². The van der Waals surface area contributed by atoms with Crippen LogP contribution in [0, 0.1) is 5.92 Å². The number of nitrogens with two attached hydrogens (primary N) is 1. The Morgan fingerprint density at radius 3 is 3.12 bits per heavy atom. The van der Waals surface area contributed by atoms with E-state index in [1.165, 1.54) is 37.9 Å². The van der Waals surface area contributed by atoms with Gasteiger partial charge in [0.25, 0.3) is 0 Å². The maximum Gasteiger partial charge on any atom is 0.0534 e. The Balaban J connectivity index is 1.85. The highest BCUT2D eigenvalue weighted by Crippen LogP contribution is 2.20. The Labute approximate surface area is 97.4 Å². The summed E-state index contributed by atoms with van der Waals surface area (Å²) in [6.45, 7) is 4.28. The predicted molar refractivity (Wildman–Crippen MR) is 64.9 cm³/mol. The molecule has 4 nitrogen and oxygen atoms in total. The summed E-state index contributed by atoms with van der Waals surface area (Å²) >= 11 is 0. The Kier molecular flexibility index (Phi) is 3.96. The Bertz CT molecular complexity index is 319. The normalized spacial score (nSPS) is 22.5. The third-order valence-corrected chi connectivity index (χ3v) is 3.34. The minimum Gasteiger partial charge on any atom is -0.330 e. The molecule has 2 N–H and O–H groups in total. The first kappa shape index (κ1) is 11.6. The number of hydrogen-bond acceptors (Lipinski definition) is 3. The maximum atomic E-state index is 5.63. The molecule has 16 heavy (non-hydrogen) atoms. The molecule has 0 radical (unpaired) electrons. The smallest absolute Gasteiger partial charge is 0.0534 e. The molecule has 1 atom stereocenters. The van der Waals surface area contributed by atoms with Gasteiger partial charge in [0.05, 0.1) is 6.20 Å². The molecule has 0 bridgehead atoms. The van der Waals surface area contributed by atoms with Crippen molar-refractivity contribution in [1.82, 2.24) is 14.7 Å². The van der Waals surface area contributed by atoms with Crippen LogP contribution in [-0.2, 0) is 13.6 Å². The van der Waals surface area contributed by atoms with Gasteiger partial charge in [0.2, 0.25) is 0 Å². The van der Waals surface area contributed by atoms with E-state index in [1.54, 1.807) is 0 Å². The molecule has 1 unspecified atom stereocenters. The molecule has 2 heterocycles. The number of aromatic nitrogens is 2. The van der Waals surface area contributed by atoms with Crippen molar-refractivity contribution in [2.24, 2.45) is 18.7 Å². The summed E-state index contributed by atoms with van der Waals surface area (Å²) in [6, 6.07) is 0. The van der Waals surface area contributed by atoms with Crippen LogP contribution in [0.4, 0.5) is 0 Å². The van der Waals surface area contributed by atoms with Gasteiger partial charge >= 0.3 is 0 Å². The molecular weight excluding hydrogens is 200 g/mol. The second kappa shape index (κ2) is 5.46. The summed E-state index contributed by atoms with van der Waals surface area (Å²) < 4.78 is 1.87. The van der Waals surface area contributed by atoms with Crippen LogP contribution in [0.15, 0.2) is 12.4 Å². The first-order valence-corrected chi connectivity index (χ1v) is 6.18. The second-order valence-corrected chi connectivity index (χ2v) is 4.84. The van der Waals surface area contributed by atoms with E-state index in [1.807, 2.05) is 17.9 Å². The minimum atomic E-state index is 0.801. The van der Waals surface area contributed by atoms with Crippen molar-refractivity contribution in [1.29, 1.82) is 0 Å². The molecule has 0 spiro atoms. The predicted octanol–water partition coefficient (Wildman–Crippen LogP) is 0.981. The SMILES string of the molecule is Cn1cc(CN2CCCC(CCN)C2)cn1. The van der Waals surface area contributed by atoms with Crippen molar-refractivity contribution in [3.63, 3.8) is 0 Å². The number of likely N-dealkylation sites (tertiary alicyclic amines) is 1. The van der Waals surface area contributed by atoms with Crippen molar-refractivity contribution in [3.8, 4) is 0 Å². The van der Waals surface area contributed by atoms with Gasteiger partial charge in [-0.3, -0.25) is 9.58 Å². The van der Waals surface area contributed by atoms with Crippen LogP contribution in [0.1, 0.15) is 24.8 Å². The average Bonchev–Trinajstić information content (AvgIpc) is 2.65. The third-order valence-electron chi connectivity index (χ3n) is 3.34. The fourth-order valence-electron chi connectivity index (χ4n) is 2.58. The summed E-state index contributed by atoms with van der Waals surface area (Å²) in [4.78, 5) is 2.53. The van der Waals surface area contributed by atoms with Crippen molar-refractivity contribution in [2.45, 2.75) is 25.8 Å². The minimum absolute atomic E-state index is 0.801. The highest BCUT2D eigenvalue weighted by molar-refractivity contribution is 5.03. The maximum absolute atomic E-state index is 5.63. The van der Waals surface area contributed by atoms with E-state index in [0.717, 1.165) is 19.0 Å². The monoisotopic (exact) mass is 222 g/mol. The van der Waals surface area contributed by atoms with Gasteiger partial charge in [-0.25, -0.2) is 0 Å². The van der Waals surface area contributed by atoms with Crippen LogP contribution in [-0.4, -0.2) is 34.3 Å². The van der Waals surface area contributed by atoms with Crippen molar-refractivity contribution < 1.29 is 0 Å². The molecule has 0 aliphatic carbocycles. The fourth-order valence-corrected chi connectivity index (χ4v) is 2.58. The van der Waals surface area contributed by atoms with E-state index in [2.05, 4.69) is 16.2 Å². The molecule has 1 saturated heterocycles. The van der Waals surface area contributed by atoms with E-state index in [0.29, 0.717) is 0 Å². The summed E-state index contributed by atoms with van der Waals surface area (Å²) in [5.41, 5.74) is 6.94. The van der Waals surface area contributed by atoms with Crippen LogP contribution < -0.4 is 5.73 Å². The van der Waals surface area contributed by atoms with Gasteiger partial charge in [0.1, 0.15) is 0 Å². The number of piperidine rings is 1. The molecule has 0 saturated carbocycles. The molecule has 90 valence electrons. The number of rotatable bonds is 4. The lowest BCUT2D eigenvalue weighted by Gasteiger charge is -2.32. The van der Waals surface area contributed by atoms with Gasteiger partial charge in [-0.2, -0.15) is 5.10 Å². The molecule has 2 rings (SSSR count). The van der Waals surface area contributed by atoms with Gasteiger partial charge in [0, 0.05) is 31.9 Å². The molecule has 1 fully saturated rings. The van der Waals surface area contributed by atoms with Gasteiger partial charge in [-0.1, -0.05) is 0 Å². The van der Waals surface area contributed by atoms with Crippen molar-refractivity contribution >= 4 is 0 Å². The lowest BCUT2D eigenvalue weighted by Crippen LogP contribution is -2.35. The van der Waals surface area contributed by atoms with Gasteiger partial charge in [0.15, 0.2) is 0 Å². The van der Waals surface area contributed by atoms with Crippen molar-refractivity contribution in [3.05, 3.63) is 18.0 Å². The summed E-state index contributed by atoms with van der Waals surface area (Å²) in [5, 5.41) is 4.21. The van der Waals surface area contributed by atoms with Crippen LogP contribution in [0.5, 0.6) is 0 Å². The highest BCUT2D eigenvalue weighted by Gasteiger charge is 2.19. The Morgan fingerprint density at radius 2 is 2.44 bits per heavy atom. The van der Waals surface area contributed by atoms with Crippen LogP contribution in [0.25, 0.3) is 0 Å². The van der Waals surface area contributed by atoms with Crippen LogP contribution >= 0.6 is 0 Å². The van der Waals surface area contributed by atoms with E-state index in [4.69, 9.17) is 5.73 Å². The first-order chi connectivity index (χ1) is 7.78. The van der Waals surface area contributed by atoms with E-state index >= 15 is 0 Å². The molecule has 4 heteroatoms. The molecular formula is C12H22N4.